The van der Waals surface area contributed by atoms with Gasteiger partial charge in [-0.15, -0.1) is 0 Å². The SMILES string of the molecule is CN1CCN(Cc2cccc(C#N)c2)CC1=O. The first-order chi connectivity index (χ1) is 8.19. The maximum Gasteiger partial charge on any atom is 0.236 e. The molecule has 0 aliphatic carbocycles. The molecular formula is C13H15N3O. The number of carbonyl (C=O) groups excluding carboxylic acids is 1. The number of nitriles is 1. The van der Waals surface area contributed by atoms with E-state index in [2.05, 4.69) is 11.0 Å². The van der Waals surface area contributed by atoms with E-state index < -0.39 is 0 Å². The maximum absolute atomic E-state index is 11.5. The van der Waals surface area contributed by atoms with Crippen molar-refractivity contribution < 1.29 is 4.79 Å². The molecule has 0 atom stereocenters. The third-order valence-corrected chi connectivity index (χ3v) is 3.00. The molecule has 2 rings (SSSR count). The Hall–Kier alpha value is -1.86. The number of hydrogen-bond donors (Lipinski definition) is 0. The highest BCUT2D eigenvalue weighted by atomic mass is 16.2. The standard InChI is InChI=1S/C13H15N3O/c1-15-5-6-16(10-13(15)17)9-12-4-2-3-11(7-12)8-14/h2-4,7H,5-6,9-10H2,1H3. The van der Waals surface area contributed by atoms with Gasteiger partial charge in [-0.3, -0.25) is 9.69 Å². The van der Waals surface area contributed by atoms with Gasteiger partial charge in [0.05, 0.1) is 18.2 Å². The van der Waals surface area contributed by atoms with E-state index in [1.54, 1.807) is 11.0 Å². The Morgan fingerprint density at radius 2 is 2.24 bits per heavy atom. The van der Waals surface area contributed by atoms with Gasteiger partial charge in [-0.05, 0) is 17.7 Å². The normalized spacial score (nSPS) is 16.9. The molecule has 0 saturated carbocycles. The molecule has 1 aliphatic heterocycles. The Balaban J connectivity index is 2.01. The lowest BCUT2D eigenvalue weighted by atomic mass is 10.1. The van der Waals surface area contributed by atoms with Crippen LogP contribution in [0.5, 0.6) is 0 Å². The fourth-order valence-corrected chi connectivity index (χ4v) is 1.94. The summed E-state index contributed by atoms with van der Waals surface area (Å²) in [4.78, 5) is 15.4. The van der Waals surface area contributed by atoms with Gasteiger partial charge >= 0.3 is 0 Å². The van der Waals surface area contributed by atoms with Crippen LogP contribution in [-0.2, 0) is 11.3 Å². The molecule has 0 unspecified atom stereocenters. The van der Waals surface area contributed by atoms with Crippen LogP contribution >= 0.6 is 0 Å². The zero-order valence-electron chi connectivity index (χ0n) is 9.89. The highest BCUT2D eigenvalue weighted by Gasteiger charge is 2.20. The molecule has 0 spiro atoms. The van der Waals surface area contributed by atoms with Gasteiger partial charge in [-0.25, -0.2) is 0 Å². The van der Waals surface area contributed by atoms with Gasteiger partial charge in [0.2, 0.25) is 5.91 Å². The third kappa shape index (κ3) is 2.83. The maximum atomic E-state index is 11.5. The fraction of sp³-hybridized carbons (Fsp3) is 0.385. The van der Waals surface area contributed by atoms with Gasteiger partial charge in [-0.2, -0.15) is 5.26 Å². The molecule has 0 aromatic heterocycles. The molecule has 4 heteroatoms. The van der Waals surface area contributed by atoms with Crippen LogP contribution in [0.3, 0.4) is 0 Å². The first kappa shape index (κ1) is 11.6. The molecule has 0 bridgehead atoms. The number of carbonyl (C=O) groups is 1. The first-order valence-electron chi connectivity index (χ1n) is 5.64. The number of likely N-dealkylation sites (N-methyl/N-ethyl adjacent to an activating group) is 1. The largest absolute Gasteiger partial charge is 0.343 e. The molecule has 17 heavy (non-hydrogen) atoms. The summed E-state index contributed by atoms with van der Waals surface area (Å²) in [7, 11) is 1.83. The van der Waals surface area contributed by atoms with E-state index in [0.29, 0.717) is 12.1 Å². The van der Waals surface area contributed by atoms with Crippen molar-refractivity contribution in [3.63, 3.8) is 0 Å². The Morgan fingerprint density at radius 3 is 2.94 bits per heavy atom. The van der Waals surface area contributed by atoms with Gasteiger partial charge in [0.15, 0.2) is 0 Å². The first-order valence-corrected chi connectivity index (χ1v) is 5.64. The molecule has 1 amide bonds. The molecule has 0 radical (unpaired) electrons. The number of benzene rings is 1. The van der Waals surface area contributed by atoms with E-state index in [-0.39, 0.29) is 5.91 Å². The van der Waals surface area contributed by atoms with Crippen LogP contribution in [-0.4, -0.2) is 42.4 Å². The second kappa shape index (κ2) is 4.98. The second-order valence-corrected chi connectivity index (χ2v) is 4.34. The van der Waals surface area contributed by atoms with Crippen LogP contribution in [0.15, 0.2) is 24.3 Å². The fourth-order valence-electron chi connectivity index (χ4n) is 1.94. The predicted molar refractivity (Wildman–Crippen MR) is 64.1 cm³/mol. The molecule has 1 aromatic carbocycles. The smallest absolute Gasteiger partial charge is 0.236 e. The van der Waals surface area contributed by atoms with Crippen LogP contribution in [0.25, 0.3) is 0 Å². The Labute approximate surface area is 101 Å². The summed E-state index contributed by atoms with van der Waals surface area (Å²) in [6.45, 7) is 2.86. The monoisotopic (exact) mass is 229 g/mol. The lowest BCUT2D eigenvalue weighted by Crippen LogP contribution is -2.47. The zero-order chi connectivity index (χ0) is 12.3. The summed E-state index contributed by atoms with van der Waals surface area (Å²) in [6, 6.07) is 9.67. The van der Waals surface area contributed by atoms with Crippen LogP contribution in [0, 0.1) is 11.3 Å². The summed E-state index contributed by atoms with van der Waals surface area (Å²) in [6.07, 6.45) is 0. The van der Waals surface area contributed by atoms with E-state index in [4.69, 9.17) is 5.26 Å². The summed E-state index contributed by atoms with van der Waals surface area (Å²) < 4.78 is 0. The van der Waals surface area contributed by atoms with Crippen molar-refractivity contribution in [2.24, 2.45) is 0 Å². The van der Waals surface area contributed by atoms with Gasteiger partial charge in [-0.1, -0.05) is 12.1 Å². The predicted octanol–water partition coefficient (Wildman–Crippen LogP) is 0.832. The second-order valence-electron chi connectivity index (χ2n) is 4.34. The minimum Gasteiger partial charge on any atom is -0.343 e. The number of hydrogen-bond acceptors (Lipinski definition) is 3. The van der Waals surface area contributed by atoms with Gasteiger partial charge in [0.1, 0.15) is 0 Å². The zero-order valence-corrected chi connectivity index (χ0v) is 9.89. The summed E-state index contributed by atoms with van der Waals surface area (Å²) in [5, 5.41) is 8.82. The molecule has 1 saturated heterocycles. The summed E-state index contributed by atoms with van der Waals surface area (Å²) >= 11 is 0. The summed E-state index contributed by atoms with van der Waals surface area (Å²) in [5.74, 6) is 0.160. The Kier molecular flexibility index (Phi) is 3.40. The van der Waals surface area contributed by atoms with E-state index >= 15 is 0 Å². The van der Waals surface area contributed by atoms with Crippen LogP contribution in [0.4, 0.5) is 0 Å². The number of rotatable bonds is 2. The number of nitrogens with zero attached hydrogens (tertiary/aromatic N) is 3. The number of amides is 1. The van der Waals surface area contributed by atoms with E-state index in [0.717, 1.165) is 25.2 Å². The summed E-state index contributed by atoms with van der Waals surface area (Å²) in [5.41, 5.74) is 1.75. The third-order valence-electron chi connectivity index (χ3n) is 3.00. The topological polar surface area (TPSA) is 47.3 Å². The van der Waals surface area contributed by atoms with Gasteiger partial charge in [0.25, 0.3) is 0 Å². The Morgan fingerprint density at radius 1 is 1.41 bits per heavy atom. The molecular weight excluding hydrogens is 214 g/mol. The lowest BCUT2D eigenvalue weighted by Gasteiger charge is -2.31. The van der Waals surface area contributed by atoms with Crippen molar-refractivity contribution >= 4 is 5.91 Å². The van der Waals surface area contributed by atoms with Crippen molar-refractivity contribution in [3.05, 3.63) is 35.4 Å². The highest BCUT2D eigenvalue weighted by molar-refractivity contribution is 5.78. The molecule has 4 nitrogen and oxygen atoms in total. The number of piperazine rings is 1. The molecule has 1 aliphatic rings. The molecule has 88 valence electrons. The van der Waals surface area contributed by atoms with Crippen molar-refractivity contribution in [1.29, 1.82) is 5.26 Å². The minimum atomic E-state index is 0.160. The molecule has 1 aromatic rings. The van der Waals surface area contributed by atoms with Crippen molar-refractivity contribution in [2.45, 2.75) is 6.54 Å². The van der Waals surface area contributed by atoms with Crippen LogP contribution in [0.2, 0.25) is 0 Å². The van der Waals surface area contributed by atoms with Gasteiger partial charge < -0.3 is 4.90 Å². The van der Waals surface area contributed by atoms with E-state index in [9.17, 15) is 4.79 Å². The van der Waals surface area contributed by atoms with E-state index in [1.165, 1.54) is 0 Å². The van der Waals surface area contributed by atoms with Gasteiger partial charge in [0, 0.05) is 26.7 Å². The molecule has 1 heterocycles. The lowest BCUT2D eigenvalue weighted by molar-refractivity contribution is -0.134. The minimum absolute atomic E-state index is 0.160. The van der Waals surface area contributed by atoms with Crippen LogP contribution in [0.1, 0.15) is 11.1 Å². The molecule has 0 N–H and O–H groups in total. The Bertz CT molecular complexity index is 464. The van der Waals surface area contributed by atoms with E-state index in [1.807, 2.05) is 25.2 Å². The van der Waals surface area contributed by atoms with Crippen molar-refractivity contribution in [2.75, 3.05) is 26.7 Å². The van der Waals surface area contributed by atoms with Crippen molar-refractivity contribution in [1.82, 2.24) is 9.80 Å². The average Bonchev–Trinajstić information content (AvgIpc) is 2.34. The molecule has 1 fully saturated rings. The quantitative estimate of drug-likeness (QED) is 0.754. The van der Waals surface area contributed by atoms with Crippen LogP contribution < -0.4 is 0 Å². The highest BCUT2D eigenvalue weighted by Crippen LogP contribution is 2.10. The van der Waals surface area contributed by atoms with Crippen molar-refractivity contribution in [3.8, 4) is 6.07 Å². The average molecular weight is 229 g/mol.